The zero-order valence-electron chi connectivity index (χ0n) is 17.7. The van der Waals surface area contributed by atoms with Gasteiger partial charge in [-0.3, -0.25) is 14.7 Å². The molecule has 2 heterocycles. The van der Waals surface area contributed by atoms with E-state index in [1.165, 1.54) is 6.07 Å². The summed E-state index contributed by atoms with van der Waals surface area (Å²) in [5, 5.41) is 3.76. The Labute approximate surface area is 200 Å². The number of nitrogens with zero attached hydrogens (tertiary/aromatic N) is 4. The van der Waals surface area contributed by atoms with Crippen molar-refractivity contribution in [3.05, 3.63) is 34.6 Å². The van der Waals surface area contributed by atoms with E-state index in [1.54, 1.807) is 19.2 Å². The number of halogens is 3. The van der Waals surface area contributed by atoms with E-state index in [9.17, 15) is 9.18 Å². The minimum atomic E-state index is -0.278. The van der Waals surface area contributed by atoms with Crippen LogP contribution in [0.15, 0.2) is 23.2 Å². The Balaban J connectivity index is 0.00000320. The third kappa shape index (κ3) is 6.20. The second kappa shape index (κ2) is 12.0. The number of hydrogen-bond acceptors (Lipinski definition) is 3. The number of hydrogen-bond donors (Lipinski definition) is 1. The quantitative estimate of drug-likeness (QED) is 0.348. The number of guanidine groups is 1. The number of amides is 1. The maximum absolute atomic E-state index is 13.9. The normalized spacial score (nSPS) is 18.9. The summed E-state index contributed by atoms with van der Waals surface area (Å²) in [6.07, 6.45) is 2.73. The third-order valence-corrected chi connectivity index (χ3v) is 6.22. The number of carbonyl (C=O) groups excluding carboxylic acids is 1. The van der Waals surface area contributed by atoms with Crippen LogP contribution in [0.3, 0.4) is 0 Å². The predicted octanol–water partition coefficient (Wildman–Crippen LogP) is 2.84. The van der Waals surface area contributed by atoms with Gasteiger partial charge >= 0.3 is 0 Å². The maximum Gasteiger partial charge on any atom is 0.239 e. The summed E-state index contributed by atoms with van der Waals surface area (Å²) in [4.78, 5) is 23.4. The molecule has 1 unspecified atom stereocenters. The number of carbonyl (C=O) groups is 1. The Hall–Kier alpha value is -1.13. The first-order valence-electron chi connectivity index (χ1n) is 10.4. The Morgan fingerprint density at radius 1 is 1.17 bits per heavy atom. The van der Waals surface area contributed by atoms with Gasteiger partial charge < -0.3 is 15.1 Å². The molecule has 0 bridgehead atoms. The van der Waals surface area contributed by atoms with Crippen molar-refractivity contribution in [1.29, 1.82) is 0 Å². The van der Waals surface area contributed by atoms with Crippen LogP contribution in [0, 0.1) is 5.82 Å². The smallest absolute Gasteiger partial charge is 0.239 e. The topological polar surface area (TPSA) is 51.2 Å². The van der Waals surface area contributed by atoms with Crippen LogP contribution in [0.5, 0.6) is 0 Å². The highest BCUT2D eigenvalue weighted by atomic mass is 127. The van der Waals surface area contributed by atoms with Crippen LogP contribution in [0.2, 0.25) is 5.02 Å². The molecule has 0 aliphatic carbocycles. The fraction of sp³-hybridized carbons (Fsp3) is 0.619. The van der Waals surface area contributed by atoms with Crippen LogP contribution < -0.4 is 5.32 Å². The van der Waals surface area contributed by atoms with Gasteiger partial charge in [0.25, 0.3) is 0 Å². The number of piperazine rings is 1. The van der Waals surface area contributed by atoms with Gasteiger partial charge in [-0.15, -0.1) is 24.0 Å². The summed E-state index contributed by atoms with van der Waals surface area (Å²) in [6.45, 7) is 7.60. The van der Waals surface area contributed by atoms with Gasteiger partial charge in [0.2, 0.25) is 5.91 Å². The van der Waals surface area contributed by atoms with Gasteiger partial charge in [0, 0.05) is 63.4 Å². The van der Waals surface area contributed by atoms with Crippen molar-refractivity contribution in [2.45, 2.75) is 32.2 Å². The lowest BCUT2D eigenvalue weighted by Crippen LogP contribution is -2.57. The summed E-state index contributed by atoms with van der Waals surface area (Å²) in [6, 6.07) is 4.68. The van der Waals surface area contributed by atoms with E-state index in [4.69, 9.17) is 11.6 Å². The van der Waals surface area contributed by atoms with Gasteiger partial charge in [-0.25, -0.2) is 4.39 Å². The average Bonchev–Trinajstić information content (AvgIpc) is 3.27. The van der Waals surface area contributed by atoms with E-state index < -0.39 is 0 Å². The van der Waals surface area contributed by atoms with Crippen molar-refractivity contribution in [3.8, 4) is 0 Å². The second-order valence-corrected chi connectivity index (χ2v) is 8.06. The highest BCUT2D eigenvalue weighted by Gasteiger charge is 2.30. The number of benzene rings is 1. The molecule has 0 spiro atoms. The first-order valence-corrected chi connectivity index (χ1v) is 10.8. The van der Waals surface area contributed by atoms with Crippen molar-refractivity contribution < 1.29 is 9.18 Å². The van der Waals surface area contributed by atoms with E-state index >= 15 is 0 Å². The molecule has 2 aliphatic rings. The van der Waals surface area contributed by atoms with Crippen LogP contribution >= 0.6 is 35.6 Å². The molecule has 0 aromatic heterocycles. The van der Waals surface area contributed by atoms with Gasteiger partial charge in [0.15, 0.2) is 5.96 Å². The van der Waals surface area contributed by atoms with Gasteiger partial charge in [0.05, 0.1) is 6.04 Å². The van der Waals surface area contributed by atoms with E-state index in [-0.39, 0.29) is 41.7 Å². The van der Waals surface area contributed by atoms with Gasteiger partial charge in [-0.1, -0.05) is 17.7 Å². The van der Waals surface area contributed by atoms with E-state index in [2.05, 4.69) is 20.1 Å². The Morgan fingerprint density at radius 2 is 1.83 bits per heavy atom. The van der Waals surface area contributed by atoms with Crippen molar-refractivity contribution in [1.82, 2.24) is 20.0 Å². The summed E-state index contributed by atoms with van der Waals surface area (Å²) in [5.41, 5.74) is 0.524. The lowest BCUT2D eigenvalue weighted by Gasteiger charge is -2.39. The second-order valence-electron chi connectivity index (χ2n) is 7.66. The monoisotopic (exact) mass is 551 g/mol. The van der Waals surface area contributed by atoms with E-state index in [0.717, 1.165) is 58.1 Å². The lowest BCUT2D eigenvalue weighted by atomic mass is 10.1. The first-order chi connectivity index (χ1) is 14.0. The van der Waals surface area contributed by atoms with E-state index in [0.29, 0.717) is 23.6 Å². The van der Waals surface area contributed by atoms with Crippen molar-refractivity contribution in [2.75, 3.05) is 52.9 Å². The molecule has 6 nitrogen and oxygen atoms in total. The van der Waals surface area contributed by atoms with Crippen LogP contribution in [-0.2, 0) is 11.2 Å². The highest BCUT2D eigenvalue weighted by Crippen LogP contribution is 2.19. The molecule has 0 saturated carbocycles. The van der Waals surface area contributed by atoms with Gasteiger partial charge in [-0.2, -0.15) is 0 Å². The molecule has 2 aliphatic heterocycles. The summed E-state index contributed by atoms with van der Waals surface area (Å²) in [7, 11) is 1.75. The first kappa shape index (κ1) is 25.1. The zero-order chi connectivity index (χ0) is 20.8. The molecule has 2 saturated heterocycles. The third-order valence-electron chi connectivity index (χ3n) is 5.87. The highest BCUT2D eigenvalue weighted by molar-refractivity contribution is 14.0. The lowest BCUT2D eigenvalue weighted by molar-refractivity contribution is -0.135. The van der Waals surface area contributed by atoms with E-state index in [1.807, 2.05) is 11.8 Å². The fourth-order valence-corrected chi connectivity index (χ4v) is 4.34. The zero-order valence-corrected chi connectivity index (χ0v) is 20.8. The number of aliphatic imine (C=N–C) groups is 1. The molecular formula is C21H32ClFIN5O. The molecule has 1 aromatic rings. The van der Waals surface area contributed by atoms with Gasteiger partial charge in [-0.05, 0) is 38.3 Å². The minimum Gasteiger partial charge on any atom is -0.356 e. The number of likely N-dealkylation sites (tertiary alicyclic amines) is 1. The Morgan fingerprint density at radius 3 is 2.43 bits per heavy atom. The predicted molar refractivity (Wildman–Crippen MR) is 130 cm³/mol. The Kier molecular flexibility index (Phi) is 10.1. The van der Waals surface area contributed by atoms with Crippen LogP contribution in [0.4, 0.5) is 4.39 Å². The molecule has 168 valence electrons. The fourth-order valence-electron chi connectivity index (χ4n) is 4.08. The maximum atomic E-state index is 13.9. The molecule has 30 heavy (non-hydrogen) atoms. The molecule has 3 rings (SSSR count). The molecule has 1 amide bonds. The van der Waals surface area contributed by atoms with Crippen LogP contribution in [-0.4, -0.2) is 85.5 Å². The largest absolute Gasteiger partial charge is 0.356 e. The van der Waals surface area contributed by atoms with Crippen molar-refractivity contribution in [3.63, 3.8) is 0 Å². The standard InChI is InChI=1S/C21H31ClFN5O.HI/c1-16(20(29)27-10-3-4-11-27)26-12-14-28(15-13-26)21(24-2)25-9-8-17-18(22)6-5-7-19(17)23;/h5-7,16H,3-4,8-15H2,1-2H3,(H,24,25);1H. The molecule has 1 aromatic carbocycles. The molecular weight excluding hydrogens is 520 g/mol. The molecule has 1 N–H and O–H groups in total. The average molecular weight is 552 g/mol. The number of nitrogens with one attached hydrogen (secondary N) is 1. The molecule has 2 fully saturated rings. The molecule has 0 radical (unpaired) electrons. The van der Waals surface area contributed by atoms with Gasteiger partial charge in [0.1, 0.15) is 5.82 Å². The van der Waals surface area contributed by atoms with Crippen molar-refractivity contribution >= 4 is 47.4 Å². The minimum absolute atomic E-state index is 0. The Bertz CT molecular complexity index is 716. The summed E-state index contributed by atoms with van der Waals surface area (Å²) in [5.74, 6) is 0.774. The summed E-state index contributed by atoms with van der Waals surface area (Å²) >= 11 is 6.10. The number of rotatable bonds is 5. The van der Waals surface area contributed by atoms with Crippen LogP contribution in [0.1, 0.15) is 25.3 Å². The molecule has 9 heteroatoms. The summed E-state index contributed by atoms with van der Waals surface area (Å²) < 4.78 is 13.9. The SMILES string of the molecule is CN=C(NCCc1c(F)cccc1Cl)N1CCN(C(C)C(=O)N2CCCC2)CC1.I. The molecule has 1 atom stereocenters. The van der Waals surface area contributed by atoms with Crippen molar-refractivity contribution in [2.24, 2.45) is 4.99 Å². The van der Waals surface area contributed by atoms with Crippen LogP contribution in [0.25, 0.3) is 0 Å².